The monoisotopic (exact) mass is 327 g/mol. The van der Waals surface area contributed by atoms with Crippen LogP contribution in [0.25, 0.3) is 11.4 Å². The first-order valence-corrected chi connectivity index (χ1v) is 7.14. The number of rotatable bonds is 3. The fourth-order valence-electron chi connectivity index (χ4n) is 1.93. The van der Waals surface area contributed by atoms with Gasteiger partial charge in [-0.1, -0.05) is 11.6 Å². The van der Waals surface area contributed by atoms with Crippen molar-refractivity contribution in [2.24, 2.45) is 0 Å². The first-order chi connectivity index (χ1) is 11.1. The number of carbonyl (C=O) groups excluding carboxylic acids is 1. The summed E-state index contributed by atoms with van der Waals surface area (Å²) in [7, 11) is 0. The van der Waals surface area contributed by atoms with E-state index >= 15 is 0 Å². The van der Waals surface area contributed by atoms with E-state index in [0.717, 1.165) is 5.56 Å². The van der Waals surface area contributed by atoms with Crippen molar-refractivity contribution in [3.63, 3.8) is 0 Å². The number of hydrogen-bond donors (Lipinski definition) is 1. The smallest absolute Gasteiger partial charge is 0.258 e. The minimum absolute atomic E-state index is 0.312. The number of nitrogens with one attached hydrogen (secondary N) is 1. The van der Waals surface area contributed by atoms with Crippen molar-refractivity contribution >= 4 is 23.2 Å². The number of carbonyl (C=O) groups is 1. The molecule has 0 radical (unpaired) electrons. The fourth-order valence-corrected chi connectivity index (χ4v) is 2.06. The summed E-state index contributed by atoms with van der Waals surface area (Å²) >= 11 is 5.84. The molecule has 0 spiro atoms. The van der Waals surface area contributed by atoms with Gasteiger partial charge in [0.25, 0.3) is 5.91 Å². The Hall–Kier alpha value is -2.79. The van der Waals surface area contributed by atoms with Crippen molar-refractivity contribution in [3.8, 4) is 11.4 Å². The van der Waals surface area contributed by atoms with Crippen LogP contribution in [0.3, 0.4) is 0 Å². The SMILES string of the molecule is O=C(Nc1ccc(F)cc1)c1cnc(-c2ccc(Cl)cc2)nc1. The summed E-state index contributed by atoms with van der Waals surface area (Å²) in [4.78, 5) is 20.4. The molecule has 0 aliphatic rings. The molecule has 1 aromatic heterocycles. The summed E-state index contributed by atoms with van der Waals surface area (Å²) in [6, 6.07) is 12.6. The zero-order chi connectivity index (χ0) is 16.2. The lowest BCUT2D eigenvalue weighted by Gasteiger charge is -2.05. The van der Waals surface area contributed by atoms with Crippen molar-refractivity contribution in [1.82, 2.24) is 9.97 Å². The Morgan fingerprint density at radius 2 is 1.57 bits per heavy atom. The molecule has 0 saturated carbocycles. The Bertz CT molecular complexity index is 818. The van der Waals surface area contributed by atoms with Crippen LogP contribution in [0.4, 0.5) is 10.1 Å². The van der Waals surface area contributed by atoms with Gasteiger partial charge in [-0.25, -0.2) is 14.4 Å². The normalized spacial score (nSPS) is 10.3. The number of nitrogens with zero attached hydrogens (tertiary/aromatic N) is 2. The molecule has 0 aliphatic carbocycles. The Balaban J connectivity index is 1.74. The summed E-state index contributed by atoms with van der Waals surface area (Å²) < 4.78 is 12.8. The molecule has 114 valence electrons. The lowest BCUT2D eigenvalue weighted by Crippen LogP contribution is -2.12. The summed E-state index contributed by atoms with van der Waals surface area (Å²) in [5.74, 6) is -0.224. The molecule has 0 bridgehead atoms. The number of aromatic nitrogens is 2. The van der Waals surface area contributed by atoms with Crippen LogP contribution in [-0.4, -0.2) is 15.9 Å². The van der Waals surface area contributed by atoms with E-state index in [4.69, 9.17) is 11.6 Å². The number of amides is 1. The fraction of sp³-hybridized carbons (Fsp3) is 0. The van der Waals surface area contributed by atoms with Crippen LogP contribution in [0.1, 0.15) is 10.4 Å². The molecular formula is C17H11ClFN3O. The second-order valence-electron chi connectivity index (χ2n) is 4.76. The lowest BCUT2D eigenvalue weighted by molar-refractivity contribution is 0.102. The molecule has 0 saturated heterocycles. The topological polar surface area (TPSA) is 54.9 Å². The van der Waals surface area contributed by atoms with Gasteiger partial charge in [-0.05, 0) is 48.5 Å². The van der Waals surface area contributed by atoms with Crippen LogP contribution >= 0.6 is 11.6 Å². The van der Waals surface area contributed by atoms with Crippen LogP contribution in [0.2, 0.25) is 5.02 Å². The second-order valence-corrected chi connectivity index (χ2v) is 5.20. The number of benzene rings is 2. The highest BCUT2D eigenvalue weighted by Gasteiger charge is 2.08. The average molecular weight is 328 g/mol. The maximum Gasteiger partial charge on any atom is 0.258 e. The molecular weight excluding hydrogens is 317 g/mol. The van der Waals surface area contributed by atoms with Gasteiger partial charge in [0.2, 0.25) is 0 Å². The summed E-state index contributed by atoms with van der Waals surface area (Å²) in [6.07, 6.45) is 2.88. The standard InChI is InChI=1S/C17H11ClFN3O/c18-13-3-1-11(2-4-13)16-20-9-12(10-21-16)17(23)22-15-7-5-14(19)6-8-15/h1-10H,(H,22,23). The van der Waals surface area contributed by atoms with Gasteiger partial charge < -0.3 is 5.32 Å². The van der Waals surface area contributed by atoms with Crippen molar-refractivity contribution in [3.05, 3.63) is 77.3 Å². The summed E-state index contributed by atoms with van der Waals surface area (Å²) in [5, 5.41) is 3.28. The minimum atomic E-state index is -0.362. The summed E-state index contributed by atoms with van der Waals surface area (Å²) in [5.41, 5.74) is 1.62. The van der Waals surface area contributed by atoms with Gasteiger partial charge in [0.1, 0.15) is 5.82 Å². The minimum Gasteiger partial charge on any atom is -0.322 e. The average Bonchev–Trinajstić information content (AvgIpc) is 2.58. The van der Waals surface area contributed by atoms with E-state index in [1.807, 2.05) is 0 Å². The summed E-state index contributed by atoms with van der Waals surface area (Å²) in [6.45, 7) is 0. The zero-order valence-corrected chi connectivity index (χ0v) is 12.6. The molecule has 1 heterocycles. The zero-order valence-electron chi connectivity index (χ0n) is 11.8. The molecule has 0 atom stereocenters. The van der Waals surface area contributed by atoms with E-state index in [-0.39, 0.29) is 11.7 Å². The first-order valence-electron chi connectivity index (χ1n) is 6.77. The van der Waals surface area contributed by atoms with Crippen LogP contribution in [0.5, 0.6) is 0 Å². The largest absolute Gasteiger partial charge is 0.322 e. The van der Waals surface area contributed by atoms with Gasteiger partial charge in [0.15, 0.2) is 5.82 Å². The third-order valence-electron chi connectivity index (χ3n) is 3.12. The predicted molar refractivity (Wildman–Crippen MR) is 86.8 cm³/mol. The quantitative estimate of drug-likeness (QED) is 0.784. The van der Waals surface area contributed by atoms with Crippen LogP contribution in [0, 0.1) is 5.82 Å². The van der Waals surface area contributed by atoms with Gasteiger partial charge >= 0.3 is 0 Å². The van der Waals surface area contributed by atoms with E-state index in [0.29, 0.717) is 22.1 Å². The lowest BCUT2D eigenvalue weighted by atomic mass is 10.2. The first kappa shape index (κ1) is 15.1. The van der Waals surface area contributed by atoms with E-state index in [2.05, 4.69) is 15.3 Å². The van der Waals surface area contributed by atoms with Gasteiger partial charge in [-0.3, -0.25) is 4.79 Å². The number of hydrogen-bond acceptors (Lipinski definition) is 3. The highest BCUT2D eigenvalue weighted by Crippen LogP contribution is 2.18. The molecule has 2 aromatic carbocycles. The maximum atomic E-state index is 12.8. The van der Waals surface area contributed by atoms with Crippen molar-refractivity contribution in [1.29, 1.82) is 0 Å². The van der Waals surface area contributed by atoms with E-state index in [1.54, 1.807) is 24.3 Å². The molecule has 0 unspecified atom stereocenters. The predicted octanol–water partition coefficient (Wildman–Crippen LogP) is 4.19. The molecule has 0 fully saturated rings. The molecule has 3 aromatic rings. The highest BCUT2D eigenvalue weighted by molar-refractivity contribution is 6.30. The van der Waals surface area contributed by atoms with Gasteiger partial charge in [-0.15, -0.1) is 0 Å². The third kappa shape index (κ3) is 3.70. The van der Waals surface area contributed by atoms with Crippen LogP contribution < -0.4 is 5.32 Å². The number of anilines is 1. The van der Waals surface area contributed by atoms with E-state index in [9.17, 15) is 9.18 Å². The van der Waals surface area contributed by atoms with Crippen LogP contribution in [-0.2, 0) is 0 Å². The Morgan fingerprint density at radius 3 is 2.17 bits per heavy atom. The molecule has 1 amide bonds. The van der Waals surface area contributed by atoms with E-state index in [1.165, 1.54) is 36.7 Å². The van der Waals surface area contributed by atoms with Crippen molar-refractivity contribution in [2.45, 2.75) is 0 Å². The van der Waals surface area contributed by atoms with Gasteiger partial charge in [0, 0.05) is 28.7 Å². The molecule has 6 heteroatoms. The van der Waals surface area contributed by atoms with Gasteiger partial charge in [0.05, 0.1) is 5.56 Å². The molecule has 3 rings (SSSR count). The number of halogens is 2. The molecule has 1 N–H and O–H groups in total. The Labute approximate surface area is 137 Å². The molecule has 4 nitrogen and oxygen atoms in total. The molecule has 23 heavy (non-hydrogen) atoms. The Morgan fingerprint density at radius 1 is 0.957 bits per heavy atom. The maximum absolute atomic E-state index is 12.8. The molecule has 0 aliphatic heterocycles. The van der Waals surface area contributed by atoms with Crippen molar-refractivity contribution < 1.29 is 9.18 Å². The van der Waals surface area contributed by atoms with E-state index < -0.39 is 0 Å². The Kier molecular flexibility index (Phi) is 4.30. The van der Waals surface area contributed by atoms with Crippen LogP contribution in [0.15, 0.2) is 60.9 Å². The van der Waals surface area contributed by atoms with Gasteiger partial charge in [-0.2, -0.15) is 0 Å². The van der Waals surface area contributed by atoms with Crippen molar-refractivity contribution in [2.75, 3.05) is 5.32 Å². The third-order valence-corrected chi connectivity index (χ3v) is 3.37. The highest BCUT2D eigenvalue weighted by atomic mass is 35.5. The second kappa shape index (κ2) is 6.54.